The molecule has 1 aromatic carbocycles. The van der Waals surface area contributed by atoms with Crippen molar-refractivity contribution in [2.45, 2.75) is 6.42 Å². The van der Waals surface area contributed by atoms with Crippen LogP contribution in [0.3, 0.4) is 0 Å². The molecule has 3 rings (SSSR count). The summed E-state index contributed by atoms with van der Waals surface area (Å²) in [6, 6.07) is 5.91. The molecule has 0 spiro atoms. The molecule has 0 fully saturated rings. The third-order valence-corrected chi connectivity index (χ3v) is 3.53. The van der Waals surface area contributed by atoms with Crippen LogP contribution in [0.5, 0.6) is 0 Å². The molecular weight excluding hydrogens is 280 g/mol. The number of nitrogens with zero attached hydrogens (tertiary/aromatic N) is 2. The van der Waals surface area contributed by atoms with Gasteiger partial charge < -0.3 is 9.32 Å². The van der Waals surface area contributed by atoms with Crippen molar-refractivity contribution in [1.29, 1.82) is 0 Å². The molecule has 0 bridgehead atoms. The molecule has 0 N–H and O–H groups in total. The summed E-state index contributed by atoms with van der Waals surface area (Å²) in [6.45, 7) is 2.03. The summed E-state index contributed by atoms with van der Waals surface area (Å²) in [6.07, 6.45) is 3.20. The Labute approximate surface area is 108 Å². The molecule has 1 aliphatic heterocycles. The lowest BCUT2D eigenvalue weighted by Crippen LogP contribution is -2.23. The molecule has 0 saturated heterocycles. The highest BCUT2D eigenvalue weighted by Crippen LogP contribution is 2.26. The first-order chi connectivity index (χ1) is 8.22. The van der Waals surface area contributed by atoms with Crippen LogP contribution in [0.2, 0.25) is 0 Å². The SMILES string of the molecule is CN1CC=C(c2nc3cc(Br)ccc3o2)CC1. The van der Waals surface area contributed by atoms with Crippen LogP contribution in [0, 0.1) is 0 Å². The van der Waals surface area contributed by atoms with Gasteiger partial charge in [0.25, 0.3) is 0 Å². The largest absolute Gasteiger partial charge is 0.436 e. The van der Waals surface area contributed by atoms with E-state index in [0.29, 0.717) is 0 Å². The lowest BCUT2D eigenvalue weighted by molar-refractivity contribution is 0.367. The van der Waals surface area contributed by atoms with Crippen LogP contribution in [0.1, 0.15) is 12.3 Å². The summed E-state index contributed by atoms with van der Waals surface area (Å²) < 4.78 is 6.81. The lowest BCUT2D eigenvalue weighted by Gasteiger charge is -2.20. The highest BCUT2D eigenvalue weighted by Gasteiger charge is 2.15. The summed E-state index contributed by atoms with van der Waals surface area (Å²) in [5.41, 5.74) is 2.98. The minimum Gasteiger partial charge on any atom is -0.436 e. The van der Waals surface area contributed by atoms with Crippen molar-refractivity contribution in [3.05, 3.63) is 34.6 Å². The van der Waals surface area contributed by atoms with E-state index < -0.39 is 0 Å². The van der Waals surface area contributed by atoms with Gasteiger partial charge in [0, 0.05) is 23.1 Å². The molecule has 0 unspecified atom stereocenters. The van der Waals surface area contributed by atoms with E-state index >= 15 is 0 Å². The number of aromatic nitrogens is 1. The van der Waals surface area contributed by atoms with Gasteiger partial charge in [-0.05, 0) is 31.7 Å². The summed E-state index contributed by atoms with van der Waals surface area (Å²) in [5, 5.41) is 0. The smallest absolute Gasteiger partial charge is 0.222 e. The normalized spacial score (nSPS) is 17.4. The first kappa shape index (κ1) is 11.0. The number of likely N-dealkylation sites (N-methyl/N-ethyl adjacent to an activating group) is 1. The van der Waals surface area contributed by atoms with Crippen molar-refractivity contribution < 1.29 is 4.42 Å². The molecule has 0 radical (unpaired) electrons. The Morgan fingerprint density at radius 3 is 3.06 bits per heavy atom. The molecule has 17 heavy (non-hydrogen) atoms. The standard InChI is InChI=1S/C13H13BrN2O/c1-16-6-4-9(5-7-16)13-15-11-8-10(14)2-3-12(11)17-13/h2-4,8H,5-7H2,1H3. The van der Waals surface area contributed by atoms with Crippen molar-refractivity contribution in [3.63, 3.8) is 0 Å². The first-order valence-corrected chi connectivity index (χ1v) is 6.46. The van der Waals surface area contributed by atoms with E-state index in [4.69, 9.17) is 4.42 Å². The maximum atomic E-state index is 5.78. The van der Waals surface area contributed by atoms with E-state index in [0.717, 1.165) is 41.0 Å². The topological polar surface area (TPSA) is 29.3 Å². The van der Waals surface area contributed by atoms with Crippen LogP contribution in [0.4, 0.5) is 0 Å². The molecule has 4 heteroatoms. The third kappa shape index (κ3) is 2.15. The number of oxazole rings is 1. The molecule has 0 atom stereocenters. The van der Waals surface area contributed by atoms with E-state index in [2.05, 4.69) is 38.9 Å². The number of fused-ring (bicyclic) bond motifs is 1. The Bertz CT molecular complexity index is 588. The molecule has 2 aromatic rings. The number of halogens is 1. The Morgan fingerprint density at radius 2 is 2.29 bits per heavy atom. The highest BCUT2D eigenvalue weighted by molar-refractivity contribution is 9.10. The van der Waals surface area contributed by atoms with E-state index in [-0.39, 0.29) is 0 Å². The fourth-order valence-electron chi connectivity index (χ4n) is 2.00. The molecular formula is C13H13BrN2O. The van der Waals surface area contributed by atoms with Gasteiger partial charge in [-0.2, -0.15) is 0 Å². The van der Waals surface area contributed by atoms with Crippen LogP contribution < -0.4 is 0 Å². The molecule has 0 aliphatic carbocycles. The highest BCUT2D eigenvalue weighted by atomic mass is 79.9. The van der Waals surface area contributed by atoms with Crippen molar-refractivity contribution in [2.24, 2.45) is 0 Å². The molecule has 88 valence electrons. The van der Waals surface area contributed by atoms with Gasteiger partial charge in [-0.3, -0.25) is 0 Å². The van der Waals surface area contributed by atoms with Crippen molar-refractivity contribution >= 4 is 32.6 Å². The fraction of sp³-hybridized carbons (Fsp3) is 0.308. The number of hydrogen-bond acceptors (Lipinski definition) is 3. The minimum absolute atomic E-state index is 0.770. The van der Waals surface area contributed by atoms with Gasteiger partial charge in [-0.25, -0.2) is 4.98 Å². The molecule has 0 saturated carbocycles. The Morgan fingerprint density at radius 1 is 1.41 bits per heavy atom. The zero-order chi connectivity index (χ0) is 11.8. The lowest BCUT2D eigenvalue weighted by atomic mass is 10.1. The molecule has 0 amide bonds. The van der Waals surface area contributed by atoms with Crippen LogP contribution >= 0.6 is 15.9 Å². The summed E-state index contributed by atoms with van der Waals surface area (Å²) in [4.78, 5) is 6.82. The molecule has 3 nitrogen and oxygen atoms in total. The second kappa shape index (κ2) is 4.27. The first-order valence-electron chi connectivity index (χ1n) is 5.66. The predicted octanol–water partition coefficient (Wildman–Crippen LogP) is 3.31. The number of benzene rings is 1. The van der Waals surface area contributed by atoms with Gasteiger partial charge in [0.15, 0.2) is 5.58 Å². The Hall–Kier alpha value is -1.13. The monoisotopic (exact) mass is 292 g/mol. The van der Waals surface area contributed by atoms with Gasteiger partial charge in [0.05, 0.1) is 0 Å². The third-order valence-electron chi connectivity index (χ3n) is 3.04. The van der Waals surface area contributed by atoms with Crippen LogP contribution in [0.25, 0.3) is 16.7 Å². The zero-order valence-electron chi connectivity index (χ0n) is 9.61. The van der Waals surface area contributed by atoms with Gasteiger partial charge in [-0.1, -0.05) is 22.0 Å². The van der Waals surface area contributed by atoms with E-state index in [1.165, 1.54) is 5.57 Å². The molecule has 1 aromatic heterocycles. The van der Waals surface area contributed by atoms with Crippen LogP contribution in [0.15, 0.2) is 33.2 Å². The van der Waals surface area contributed by atoms with Gasteiger partial charge >= 0.3 is 0 Å². The van der Waals surface area contributed by atoms with Crippen molar-refractivity contribution in [1.82, 2.24) is 9.88 Å². The van der Waals surface area contributed by atoms with Crippen LogP contribution in [-0.4, -0.2) is 30.0 Å². The second-order valence-electron chi connectivity index (χ2n) is 4.37. The summed E-state index contributed by atoms with van der Waals surface area (Å²) >= 11 is 3.44. The number of rotatable bonds is 1. The van der Waals surface area contributed by atoms with Crippen molar-refractivity contribution in [3.8, 4) is 0 Å². The zero-order valence-corrected chi connectivity index (χ0v) is 11.2. The average molecular weight is 293 g/mol. The van der Waals surface area contributed by atoms with E-state index in [1.807, 2.05) is 18.2 Å². The van der Waals surface area contributed by atoms with Gasteiger partial charge in [-0.15, -0.1) is 0 Å². The second-order valence-corrected chi connectivity index (χ2v) is 5.29. The maximum Gasteiger partial charge on any atom is 0.222 e. The quantitative estimate of drug-likeness (QED) is 0.808. The molecule has 2 heterocycles. The van der Waals surface area contributed by atoms with Gasteiger partial charge in [0.2, 0.25) is 5.89 Å². The Kier molecular flexibility index (Phi) is 2.76. The molecule has 1 aliphatic rings. The van der Waals surface area contributed by atoms with Crippen LogP contribution in [-0.2, 0) is 0 Å². The van der Waals surface area contributed by atoms with Crippen molar-refractivity contribution in [2.75, 3.05) is 20.1 Å². The van der Waals surface area contributed by atoms with E-state index in [1.54, 1.807) is 0 Å². The van der Waals surface area contributed by atoms with E-state index in [9.17, 15) is 0 Å². The number of hydrogen-bond donors (Lipinski definition) is 0. The average Bonchev–Trinajstić information content (AvgIpc) is 2.72. The Balaban J connectivity index is 2.01. The van der Waals surface area contributed by atoms with Gasteiger partial charge in [0.1, 0.15) is 5.52 Å². The fourth-order valence-corrected chi connectivity index (χ4v) is 2.35. The minimum atomic E-state index is 0.770. The summed E-state index contributed by atoms with van der Waals surface area (Å²) in [7, 11) is 2.12. The predicted molar refractivity (Wildman–Crippen MR) is 71.8 cm³/mol. The summed E-state index contributed by atoms with van der Waals surface area (Å²) in [5.74, 6) is 0.770. The maximum absolute atomic E-state index is 5.78.